The molecule has 2 aromatic carbocycles. The molecule has 0 aliphatic rings. The van der Waals surface area contributed by atoms with Gasteiger partial charge in [-0.3, -0.25) is 14.9 Å². The van der Waals surface area contributed by atoms with E-state index in [9.17, 15) is 18.4 Å². The van der Waals surface area contributed by atoms with E-state index < -0.39 is 18.4 Å². The number of rotatable bonds is 6. The predicted molar refractivity (Wildman–Crippen MR) is 92.7 cm³/mol. The van der Waals surface area contributed by atoms with Gasteiger partial charge in [-0.15, -0.1) is 11.8 Å². The van der Waals surface area contributed by atoms with Crippen molar-refractivity contribution < 1.29 is 23.1 Å². The Hall–Kier alpha value is -1.83. The lowest BCUT2D eigenvalue weighted by molar-refractivity contribution is -0.117. The van der Waals surface area contributed by atoms with Crippen LogP contribution < -0.4 is 10.1 Å². The fourth-order valence-electron chi connectivity index (χ4n) is 1.78. The molecule has 2 aromatic rings. The van der Waals surface area contributed by atoms with Gasteiger partial charge in [0.25, 0.3) is 5.91 Å². The molecule has 0 aromatic heterocycles. The normalized spacial score (nSPS) is 10.6. The molecule has 0 saturated heterocycles. The smallest absolute Gasteiger partial charge is 0.387 e. The molecule has 0 unspecified atom stereocenters. The van der Waals surface area contributed by atoms with Gasteiger partial charge in [0.05, 0.1) is 15.8 Å². The van der Waals surface area contributed by atoms with Gasteiger partial charge in [0.1, 0.15) is 5.75 Å². The van der Waals surface area contributed by atoms with Crippen LogP contribution in [-0.2, 0) is 4.79 Å². The first-order valence-corrected chi connectivity index (χ1v) is 8.57. The number of carbonyl (C=O) groups excluding carboxylic acids is 2. The Balaban J connectivity index is 1.90. The zero-order valence-electron chi connectivity index (χ0n) is 12.5. The lowest BCUT2D eigenvalue weighted by Crippen LogP contribution is -2.31. The van der Waals surface area contributed by atoms with Crippen LogP contribution in [0.25, 0.3) is 0 Å². The molecule has 4 nitrogen and oxygen atoms in total. The van der Waals surface area contributed by atoms with Gasteiger partial charge in [-0.25, -0.2) is 0 Å². The molecule has 9 heteroatoms. The maximum absolute atomic E-state index is 12.1. The van der Waals surface area contributed by atoms with Crippen molar-refractivity contribution in [3.63, 3.8) is 0 Å². The van der Waals surface area contributed by atoms with Gasteiger partial charge < -0.3 is 4.74 Å². The van der Waals surface area contributed by atoms with Crippen LogP contribution in [0.2, 0.25) is 10.0 Å². The summed E-state index contributed by atoms with van der Waals surface area (Å²) < 4.78 is 28.3. The molecule has 0 heterocycles. The lowest BCUT2D eigenvalue weighted by atomic mass is 10.2. The van der Waals surface area contributed by atoms with Crippen molar-refractivity contribution in [2.75, 3.05) is 5.75 Å². The zero-order valence-corrected chi connectivity index (χ0v) is 14.8. The summed E-state index contributed by atoms with van der Waals surface area (Å²) in [5, 5.41) is 3.01. The van der Waals surface area contributed by atoms with Gasteiger partial charge >= 0.3 is 6.61 Å². The summed E-state index contributed by atoms with van der Waals surface area (Å²) in [6, 6.07) is 9.94. The molecule has 0 fully saturated rings. The van der Waals surface area contributed by atoms with Crippen molar-refractivity contribution in [3.05, 3.63) is 58.1 Å². The predicted octanol–water partition coefficient (Wildman–Crippen LogP) is 4.64. The third-order valence-electron chi connectivity index (χ3n) is 2.86. The van der Waals surface area contributed by atoms with E-state index in [1.54, 1.807) is 18.2 Å². The third-order valence-corrected chi connectivity index (χ3v) is 4.85. The Kier molecular flexibility index (Phi) is 7.04. The average Bonchev–Trinajstić information content (AvgIpc) is 2.54. The highest BCUT2D eigenvalue weighted by atomic mass is 35.5. The van der Waals surface area contributed by atoms with Crippen LogP contribution in [0.1, 0.15) is 10.4 Å². The molecule has 2 amide bonds. The topological polar surface area (TPSA) is 55.4 Å². The maximum Gasteiger partial charge on any atom is 0.387 e. The number of amides is 2. The number of halogens is 4. The Bertz CT molecular complexity index is 752. The number of alkyl halides is 2. The van der Waals surface area contributed by atoms with Crippen LogP contribution in [-0.4, -0.2) is 24.2 Å². The van der Waals surface area contributed by atoms with Gasteiger partial charge in [-0.05, 0) is 36.4 Å². The summed E-state index contributed by atoms with van der Waals surface area (Å²) in [6.07, 6.45) is 0. The first-order valence-electron chi connectivity index (χ1n) is 6.82. The van der Waals surface area contributed by atoms with E-state index in [-0.39, 0.29) is 17.1 Å². The number of carbonyl (C=O) groups is 2. The molecule has 2 rings (SSSR count). The van der Waals surface area contributed by atoms with Crippen molar-refractivity contribution in [1.82, 2.24) is 5.32 Å². The van der Waals surface area contributed by atoms with Crippen molar-refractivity contribution in [1.29, 1.82) is 0 Å². The minimum atomic E-state index is -2.95. The summed E-state index contributed by atoms with van der Waals surface area (Å²) in [6.45, 7) is -2.95. The van der Waals surface area contributed by atoms with Crippen LogP contribution in [0.5, 0.6) is 5.75 Å². The second-order valence-electron chi connectivity index (χ2n) is 4.62. The second-order valence-corrected chi connectivity index (χ2v) is 6.42. The summed E-state index contributed by atoms with van der Waals surface area (Å²) in [5.74, 6) is -1.35. The van der Waals surface area contributed by atoms with Gasteiger partial charge in [0, 0.05) is 10.5 Å². The molecule has 0 bridgehead atoms. The summed E-state index contributed by atoms with van der Waals surface area (Å²) >= 11 is 13.1. The lowest BCUT2D eigenvalue weighted by Gasteiger charge is -2.08. The van der Waals surface area contributed by atoms with E-state index >= 15 is 0 Å². The number of nitrogens with one attached hydrogen (secondary N) is 1. The van der Waals surface area contributed by atoms with Crippen LogP contribution >= 0.6 is 35.0 Å². The van der Waals surface area contributed by atoms with Crippen LogP contribution in [0.15, 0.2) is 47.4 Å². The Morgan fingerprint density at radius 2 is 1.68 bits per heavy atom. The number of ether oxygens (including phenoxy) is 1. The highest BCUT2D eigenvalue weighted by Gasteiger charge is 2.13. The van der Waals surface area contributed by atoms with Crippen molar-refractivity contribution in [3.8, 4) is 5.75 Å². The van der Waals surface area contributed by atoms with Crippen LogP contribution in [0.4, 0.5) is 8.78 Å². The van der Waals surface area contributed by atoms with E-state index in [4.69, 9.17) is 23.2 Å². The molecule has 0 radical (unpaired) electrons. The highest BCUT2D eigenvalue weighted by molar-refractivity contribution is 8.00. The molecular weight excluding hydrogens is 395 g/mol. The van der Waals surface area contributed by atoms with E-state index in [1.165, 1.54) is 24.3 Å². The minimum absolute atomic E-state index is 0.0677. The standard InChI is InChI=1S/C16H11Cl2F2NO3S/c17-11-2-1-3-12(18)14(11)25-8-13(22)21-15(23)9-4-6-10(7-5-9)24-16(19)20/h1-7,16H,8H2,(H,21,22,23). The molecule has 0 saturated carbocycles. The Labute approximate surface area is 156 Å². The molecule has 0 aliphatic carbocycles. The fraction of sp³-hybridized carbons (Fsp3) is 0.125. The summed E-state index contributed by atoms with van der Waals surface area (Å²) in [7, 11) is 0. The van der Waals surface area contributed by atoms with E-state index in [0.717, 1.165) is 11.8 Å². The number of thioether (sulfide) groups is 1. The SMILES string of the molecule is O=C(CSc1c(Cl)cccc1Cl)NC(=O)c1ccc(OC(F)F)cc1. The number of hydrogen-bond donors (Lipinski definition) is 1. The summed E-state index contributed by atoms with van der Waals surface area (Å²) in [4.78, 5) is 24.4. The Morgan fingerprint density at radius 1 is 1.08 bits per heavy atom. The summed E-state index contributed by atoms with van der Waals surface area (Å²) in [5.41, 5.74) is 0.135. The third kappa shape index (κ3) is 5.88. The van der Waals surface area contributed by atoms with E-state index in [1.807, 2.05) is 0 Å². The number of hydrogen-bond acceptors (Lipinski definition) is 4. The number of benzene rings is 2. The maximum atomic E-state index is 12.1. The van der Waals surface area contributed by atoms with Crippen LogP contribution in [0, 0.1) is 0 Å². The first kappa shape index (κ1) is 19.5. The Morgan fingerprint density at radius 3 is 2.24 bits per heavy atom. The van der Waals surface area contributed by atoms with Crippen molar-refractivity contribution >= 4 is 46.8 Å². The highest BCUT2D eigenvalue weighted by Crippen LogP contribution is 2.33. The van der Waals surface area contributed by atoms with Gasteiger partial charge in [-0.1, -0.05) is 29.3 Å². The first-order chi connectivity index (χ1) is 11.9. The molecule has 0 spiro atoms. The molecule has 25 heavy (non-hydrogen) atoms. The largest absolute Gasteiger partial charge is 0.435 e. The fourth-order valence-corrected chi connectivity index (χ4v) is 3.26. The number of imide groups is 1. The molecule has 0 aliphatic heterocycles. The molecular formula is C16H11Cl2F2NO3S. The molecule has 0 atom stereocenters. The molecule has 1 N–H and O–H groups in total. The van der Waals surface area contributed by atoms with Gasteiger partial charge in [0.2, 0.25) is 5.91 Å². The van der Waals surface area contributed by atoms with E-state index in [2.05, 4.69) is 10.1 Å². The van der Waals surface area contributed by atoms with Crippen LogP contribution in [0.3, 0.4) is 0 Å². The van der Waals surface area contributed by atoms with Crippen molar-refractivity contribution in [2.24, 2.45) is 0 Å². The zero-order chi connectivity index (χ0) is 18.4. The van der Waals surface area contributed by atoms with Gasteiger partial charge in [-0.2, -0.15) is 8.78 Å². The quantitative estimate of drug-likeness (QED) is 0.710. The average molecular weight is 406 g/mol. The minimum Gasteiger partial charge on any atom is -0.435 e. The monoisotopic (exact) mass is 405 g/mol. The van der Waals surface area contributed by atoms with Gasteiger partial charge in [0.15, 0.2) is 0 Å². The van der Waals surface area contributed by atoms with Crippen molar-refractivity contribution in [2.45, 2.75) is 11.5 Å². The second kappa shape index (κ2) is 9.03. The van der Waals surface area contributed by atoms with E-state index in [0.29, 0.717) is 14.9 Å². The molecule has 132 valence electrons.